The number of alkyl carbamates (subject to hydrolysis) is 1. The third-order valence-corrected chi connectivity index (χ3v) is 3.23. The van der Waals surface area contributed by atoms with E-state index < -0.39 is 11.7 Å². The minimum atomic E-state index is -0.530. The number of hydrogen-bond acceptors (Lipinski definition) is 3. The lowest BCUT2D eigenvalue weighted by Crippen LogP contribution is -2.47. The lowest BCUT2D eigenvalue weighted by Gasteiger charge is -2.30. The minimum absolute atomic E-state index is 0.0211. The maximum Gasteiger partial charge on any atom is 0.408 e. The SMILES string of the molecule is CC(=O)[C@H](NC(=O)OC(C)(C)C)C1CCCCC1. The predicted molar refractivity (Wildman–Crippen MR) is 70.4 cm³/mol. The second kappa shape index (κ2) is 6.21. The van der Waals surface area contributed by atoms with E-state index >= 15 is 0 Å². The van der Waals surface area contributed by atoms with E-state index in [2.05, 4.69) is 5.32 Å². The number of nitrogens with one attached hydrogen (secondary N) is 1. The second-order valence-corrected chi connectivity index (χ2v) is 6.13. The molecule has 0 aromatic rings. The van der Waals surface area contributed by atoms with Crippen LogP contribution in [0.25, 0.3) is 0 Å². The van der Waals surface area contributed by atoms with Crippen molar-refractivity contribution in [1.82, 2.24) is 5.32 Å². The lowest BCUT2D eigenvalue weighted by molar-refractivity contribution is -0.120. The van der Waals surface area contributed by atoms with Gasteiger partial charge in [-0.15, -0.1) is 0 Å². The zero-order valence-electron chi connectivity index (χ0n) is 11.9. The number of hydrogen-bond donors (Lipinski definition) is 1. The number of rotatable bonds is 3. The highest BCUT2D eigenvalue weighted by Crippen LogP contribution is 2.27. The number of Topliss-reactive ketones (excluding diaryl/α,β-unsaturated/α-hetero) is 1. The van der Waals surface area contributed by atoms with Crippen molar-refractivity contribution in [3.8, 4) is 0 Å². The van der Waals surface area contributed by atoms with Crippen LogP contribution in [-0.2, 0) is 9.53 Å². The Morgan fingerprint density at radius 3 is 2.17 bits per heavy atom. The van der Waals surface area contributed by atoms with Gasteiger partial charge in [-0.05, 0) is 46.5 Å². The van der Waals surface area contributed by atoms with Crippen molar-refractivity contribution >= 4 is 11.9 Å². The molecular formula is C14H25NO3. The fraction of sp³-hybridized carbons (Fsp3) is 0.857. The first-order valence-electron chi connectivity index (χ1n) is 6.79. The quantitative estimate of drug-likeness (QED) is 0.843. The standard InChI is InChI=1S/C14H25NO3/c1-10(16)12(11-8-6-5-7-9-11)15-13(17)18-14(2,3)4/h11-12H,5-9H2,1-4H3,(H,15,17)/t12-/m0/s1. The van der Waals surface area contributed by atoms with Crippen LogP contribution < -0.4 is 5.32 Å². The highest BCUT2D eigenvalue weighted by atomic mass is 16.6. The summed E-state index contributed by atoms with van der Waals surface area (Å²) in [6.07, 6.45) is 5.05. The Morgan fingerprint density at radius 1 is 1.17 bits per heavy atom. The van der Waals surface area contributed by atoms with Gasteiger partial charge in [0, 0.05) is 0 Å². The van der Waals surface area contributed by atoms with Crippen molar-refractivity contribution in [1.29, 1.82) is 0 Å². The van der Waals surface area contributed by atoms with Gasteiger partial charge in [-0.25, -0.2) is 4.79 Å². The Hall–Kier alpha value is -1.06. The molecule has 0 unspecified atom stereocenters. The van der Waals surface area contributed by atoms with Gasteiger partial charge >= 0.3 is 6.09 Å². The average Bonchev–Trinajstić information content (AvgIpc) is 2.24. The molecule has 0 heterocycles. The van der Waals surface area contributed by atoms with E-state index in [1.165, 1.54) is 13.3 Å². The zero-order chi connectivity index (χ0) is 13.8. The molecule has 1 rings (SSSR count). The molecule has 4 nitrogen and oxygen atoms in total. The molecule has 1 saturated carbocycles. The lowest BCUT2D eigenvalue weighted by atomic mass is 9.82. The first kappa shape index (κ1) is 15.0. The van der Waals surface area contributed by atoms with E-state index in [4.69, 9.17) is 4.74 Å². The van der Waals surface area contributed by atoms with Crippen LogP contribution in [0.1, 0.15) is 59.8 Å². The van der Waals surface area contributed by atoms with Crippen LogP contribution >= 0.6 is 0 Å². The fourth-order valence-corrected chi connectivity index (χ4v) is 2.45. The van der Waals surface area contributed by atoms with E-state index in [0.717, 1.165) is 25.7 Å². The Kier molecular flexibility index (Phi) is 5.17. The largest absolute Gasteiger partial charge is 0.444 e. The predicted octanol–water partition coefficient (Wildman–Crippen LogP) is 3.05. The third kappa shape index (κ3) is 5.07. The van der Waals surface area contributed by atoms with Gasteiger partial charge < -0.3 is 10.1 Å². The summed E-state index contributed by atoms with van der Waals surface area (Å²) >= 11 is 0. The first-order valence-corrected chi connectivity index (χ1v) is 6.79. The van der Waals surface area contributed by atoms with E-state index in [1.54, 1.807) is 0 Å². The van der Waals surface area contributed by atoms with E-state index in [-0.39, 0.29) is 17.7 Å². The summed E-state index contributed by atoms with van der Waals surface area (Å²) in [6.45, 7) is 6.98. The number of carbonyl (C=O) groups excluding carboxylic acids is 2. The van der Waals surface area contributed by atoms with Crippen LogP contribution in [0.3, 0.4) is 0 Å². The number of carbonyl (C=O) groups is 2. The van der Waals surface area contributed by atoms with Crippen LogP contribution in [-0.4, -0.2) is 23.5 Å². The Bertz CT molecular complexity index is 301. The van der Waals surface area contributed by atoms with Crippen LogP contribution in [0.2, 0.25) is 0 Å². The Labute approximate surface area is 109 Å². The number of ether oxygens (including phenoxy) is 1. The van der Waals surface area contributed by atoms with Crippen molar-refractivity contribution in [2.75, 3.05) is 0 Å². The summed E-state index contributed by atoms with van der Waals surface area (Å²) in [7, 11) is 0. The molecule has 0 radical (unpaired) electrons. The van der Waals surface area contributed by atoms with Gasteiger partial charge in [0.25, 0.3) is 0 Å². The summed E-state index contributed by atoms with van der Waals surface area (Å²) < 4.78 is 5.21. The van der Waals surface area contributed by atoms with E-state index in [1.807, 2.05) is 20.8 Å². The first-order chi connectivity index (χ1) is 8.29. The van der Waals surface area contributed by atoms with Gasteiger partial charge in [-0.1, -0.05) is 19.3 Å². The molecule has 0 saturated heterocycles. The maximum atomic E-state index is 11.7. The van der Waals surface area contributed by atoms with Gasteiger partial charge in [-0.3, -0.25) is 4.79 Å². The van der Waals surface area contributed by atoms with Crippen molar-refractivity contribution in [2.45, 2.75) is 71.4 Å². The summed E-state index contributed by atoms with van der Waals surface area (Å²) in [5.41, 5.74) is -0.530. The average molecular weight is 255 g/mol. The zero-order valence-corrected chi connectivity index (χ0v) is 11.9. The van der Waals surface area contributed by atoms with E-state index in [0.29, 0.717) is 0 Å². The molecule has 4 heteroatoms. The molecule has 0 bridgehead atoms. The molecule has 104 valence electrons. The fourth-order valence-electron chi connectivity index (χ4n) is 2.45. The monoisotopic (exact) mass is 255 g/mol. The van der Waals surface area contributed by atoms with Crippen molar-refractivity contribution in [2.24, 2.45) is 5.92 Å². The summed E-state index contributed by atoms with van der Waals surface area (Å²) in [5.74, 6) is 0.288. The molecule has 0 aromatic heterocycles. The summed E-state index contributed by atoms with van der Waals surface area (Å²) in [5, 5.41) is 2.73. The second-order valence-electron chi connectivity index (χ2n) is 6.13. The van der Waals surface area contributed by atoms with Crippen LogP contribution in [0.4, 0.5) is 4.79 Å². The molecule has 1 atom stereocenters. The van der Waals surface area contributed by atoms with Crippen molar-refractivity contribution in [3.05, 3.63) is 0 Å². The molecule has 0 aliphatic heterocycles. The van der Waals surface area contributed by atoms with Gasteiger partial charge in [0.1, 0.15) is 5.60 Å². The van der Waals surface area contributed by atoms with Gasteiger partial charge in [0.05, 0.1) is 6.04 Å². The minimum Gasteiger partial charge on any atom is -0.444 e. The third-order valence-electron chi connectivity index (χ3n) is 3.23. The van der Waals surface area contributed by atoms with Gasteiger partial charge in [-0.2, -0.15) is 0 Å². The highest BCUT2D eigenvalue weighted by Gasteiger charge is 2.29. The number of ketones is 1. The molecule has 1 aliphatic rings. The summed E-state index contributed by atoms with van der Waals surface area (Å²) in [4.78, 5) is 23.4. The van der Waals surface area contributed by atoms with E-state index in [9.17, 15) is 9.59 Å². The van der Waals surface area contributed by atoms with Crippen LogP contribution in [0.5, 0.6) is 0 Å². The normalized spacial score (nSPS) is 19.1. The smallest absolute Gasteiger partial charge is 0.408 e. The van der Waals surface area contributed by atoms with Crippen LogP contribution in [0, 0.1) is 5.92 Å². The van der Waals surface area contributed by atoms with Gasteiger partial charge in [0.2, 0.25) is 0 Å². The molecule has 0 aromatic carbocycles. The number of amides is 1. The Morgan fingerprint density at radius 2 is 1.72 bits per heavy atom. The molecule has 0 spiro atoms. The maximum absolute atomic E-state index is 11.7. The van der Waals surface area contributed by atoms with Crippen molar-refractivity contribution in [3.63, 3.8) is 0 Å². The molecule has 1 amide bonds. The molecule has 1 aliphatic carbocycles. The highest BCUT2D eigenvalue weighted by molar-refractivity contribution is 5.85. The molecule has 1 fully saturated rings. The molecular weight excluding hydrogens is 230 g/mol. The molecule has 18 heavy (non-hydrogen) atoms. The summed E-state index contributed by atoms with van der Waals surface area (Å²) in [6, 6.07) is -0.389. The Balaban J connectivity index is 2.57. The molecule has 1 N–H and O–H groups in total. The topological polar surface area (TPSA) is 55.4 Å². The van der Waals surface area contributed by atoms with Crippen LogP contribution in [0.15, 0.2) is 0 Å². The van der Waals surface area contributed by atoms with Crippen molar-refractivity contribution < 1.29 is 14.3 Å². The van der Waals surface area contributed by atoms with Gasteiger partial charge in [0.15, 0.2) is 5.78 Å².